The van der Waals surface area contributed by atoms with Crippen LogP contribution in [0.15, 0.2) is 60.7 Å². The fraction of sp³-hybridized carbons (Fsp3) is 0.375. The van der Waals surface area contributed by atoms with Gasteiger partial charge in [-0.05, 0) is 98.0 Å². The maximum atomic E-state index is 14.3. The van der Waals surface area contributed by atoms with Crippen LogP contribution in [0, 0.1) is 18.7 Å². The fourth-order valence-electron chi connectivity index (χ4n) is 6.88. The van der Waals surface area contributed by atoms with Crippen molar-refractivity contribution in [1.82, 2.24) is 19.3 Å². The molecule has 1 saturated carbocycles. The van der Waals surface area contributed by atoms with Gasteiger partial charge in [-0.15, -0.1) is 0 Å². The van der Waals surface area contributed by atoms with Gasteiger partial charge in [-0.1, -0.05) is 18.2 Å². The second-order valence-corrected chi connectivity index (χ2v) is 15.0. The van der Waals surface area contributed by atoms with E-state index in [1.165, 1.54) is 6.07 Å². The molecular weight excluding hydrogens is 684 g/mol. The number of carbonyl (C=O) groups excluding carboxylic acids is 1. The highest BCUT2D eigenvalue weighted by Crippen LogP contribution is 2.36. The predicted octanol–water partition coefficient (Wildman–Crippen LogP) is 6.64. The number of aromatic nitrogens is 3. The lowest BCUT2D eigenvalue weighted by molar-refractivity contribution is -0.0589. The zero-order chi connectivity index (χ0) is 35.8. The van der Waals surface area contributed by atoms with Gasteiger partial charge in [0.1, 0.15) is 46.2 Å². The van der Waals surface area contributed by atoms with Gasteiger partial charge in [0.2, 0.25) is 5.88 Å². The monoisotopic (exact) mass is 724 g/mol. The first kappa shape index (κ1) is 34.3. The average Bonchev–Trinajstić information content (AvgIpc) is 3.86. The Kier molecular flexibility index (Phi) is 9.67. The van der Waals surface area contributed by atoms with Gasteiger partial charge in [-0.25, -0.2) is 18.6 Å². The van der Waals surface area contributed by atoms with Crippen LogP contribution in [0.25, 0.3) is 22.3 Å². The van der Waals surface area contributed by atoms with E-state index < -0.39 is 16.9 Å². The van der Waals surface area contributed by atoms with E-state index in [1.54, 1.807) is 31.4 Å². The number of fused-ring (bicyclic) bond motifs is 7. The molecule has 1 saturated heterocycles. The number of aryl methyl sites for hydroxylation is 2. The van der Waals surface area contributed by atoms with E-state index in [2.05, 4.69) is 22.3 Å². The molecule has 0 radical (unpaired) electrons. The molecule has 0 spiro atoms. The molecule has 12 heteroatoms. The molecular formula is C40H41FN4O6S. The molecule has 3 aliphatic rings. The first-order valence-electron chi connectivity index (χ1n) is 17.8. The van der Waals surface area contributed by atoms with Gasteiger partial charge < -0.3 is 23.5 Å². The van der Waals surface area contributed by atoms with Crippen molar-refractivity contribution >= 4 is 27.9 Å². The van der Waals surface area contributed by atoms with Crippen LogP contribution in [0.2, 0.25) is 0 Å². The van der Waals surface area contributed by atoms with Crippen molar-refractivity contribution in [1.29, 1.82) is 0 Å². The van der Waals surface area contributed by atoms with E-state index in [0.717, 1.165) is 64.1 Å². The lowest BCUT2D eigenvalue weighted by Gasteiger charge is -2.27. The summed E-state index contributed by atoms with van der Waals surface area (Å²) in [5, 5.41) is 0. The number of ether oxygens (including phenoxy) is 4. The number of rotatable bonds is 9. The van der Waals surface area contributed by atoms with E-state index in [-0.39, 0.29) is 11.9 Å². The third-order valence-corrected chi connectivity index (χ3v) is 11.2. The van der Waals surface area contributed by atoms with Gasteiger partial charge in [0.25, 0.3) is 5.91 Å². The summed E-state index contributed by atoms with van der Waals surface area (Å²) in [6, 6.07) is 18.1. The van der Waals surface area contributed by atoms with E-state index in [0.29, 0.717) is 85.8 Å². The molecule has 8 rings (SSSR count). The summed E-state index contributed by atoms with van der Waals surface area (Å²) in [6.45, 7) is 4.01. The molecule has 2 unspecified atom stereocenters. The summed E-state index contributed by atoms with van der Waals surface area (Å²) < 4.78 is 55.9. The molecule has 1 amide bonds. The Bertz CT molecular complexity index is 2180. The fourth-order valence-corrected chi connectivity index (χ4v) is 8.05. The minimum Gasteiger partial charge on any atom is -0.494 e. The van der Waals surface area contributed by atoms with Crippen LogP contribution in [0.3, 0.4) is 0 Å². The zero-order valence-corrected chi connectivity index (χ0v) is 30.1. The average molecular weight is 725 g/mol. The lowest BCUT2D eigenvalue weighted by atomic mass is 9.99. The van der Waals surface area contributed by atoms with Crippen LogP contribution >= 0.6 is 0 Å². The molecule has 10 nitrogen and oxygen atoms in total. The SMILES string of the molecule is COc1cc(C(=O)NS(=O)CC2CC2)cc2c1nc(Cc1cc(C)c3cc1OCCCc1cc(F)ccc1COc1cccc-3n1)n2CC1CCO1. The molecule has 2 aromatic heterocycles. The van der Waals surface area contributed by atoms with Crippen LogP contribution < -0.4 is 18.9 Å². The minimum absolute atomic E-state index is 0.0114. The summed E-state index contributed by atoms with van der Waals surface area (Å²) in [6.07, 6.45) is 4.76. The Morgan fingerprint density at radius 3 is 2.69 bits per heavy atom. The number of amides is 1. The number of nitrogens with one attached hydrogen (secondary N) is 1. The largest absolute Gasteiger partial charge is 0.494 e. The first-order chi connectivity index (χ1) is 25.3. The first-order valence-corrected chi connectivity index (χ1v) is 19.1. The van der Waals surface area contributed by atoms with Gasteiger partial charge in [-0.3, -0.25) is 9.52 Å². The topological polar surface area (TPSA) is 114 Å². The number of hydrogen-bond acceptors (Lipinski definition) is 8. The highest BCUT2D eigenvalue weighted by molar-refractivity contribution is 7.83. The van der Waals surface area contributed by atoms with E-state index in [9.17, 15) is 13.4 Å². The van der Waals surface area contributed by atoms with Crippen molar-refractivity contribution in [3.63, 3.8) is 0 Å². The van der Waals surface area contributed by atoms with Crippen LogP contribution in [-0.2, 0) is 41.7 Å². The zero-order valence-electron chi connectivity index (χ0n) is 29.3. The number of nitrogens with zero attached hydrogens (tertiary/aromatic N) is 3. The maximum Gasteiger partial charge on any atom is 0.263 e. The van der Waals surface area contributed by atoms with Crippen molar-refractivity contribution in [3.05, 3.63) is 100 Å². The van der Waals surface area contributed by atoms with E-state index in [1.807, 2.05) is 24.3 Å². The second kappa shape index (κ2) is 14.7. The summed E-state index contributed by atoms with van der Waals surface area (Å²) in [5.74, 6) is 2.60. The number of halogens is 1. The van der Waals surface area contributed by atoms with Gasteiger partial charge in [-0.2, -0.15) is 0 Å². The second-order valence-electron chi connectivity index (χ2n) is 13.8. The van der Waals surface area contributed by atoms with Gasteiger partial charge in [0.05, 0.1) is 37.6 Å². The lowest BCUT2D eigenvalue weighted by Crippen LogP contribution is -2.32. The molecule has 4 heterocycles. The molecule has 2 atom stereocenters. The highest BCUT2D eigenvalue weighted by atomic mass is 32.2. The summed E-state index contributed by atoms with van der Waals surface area (Å²) in [7, 11) is 0.109. The standard InChI is InChI=1S/C40H41FN4O6S/c1-24-15-28(35-20-32(24)33-6-3-7-38(42-33)51-22-27-10-11-30(41)16-26(27)5-4-13-50-35)19-37-43-39-34(45(37)21-31-12-14-49-31)17-29(18-36(39)48-2)40(46)44-52(47)23-25-8-9-25/h3,6-7,10-11,15-18,20,25,31H,4-5,8-9,12-14,19,21-23H2,1-2H3,(H,44,46). The Labute approximate surface area is 304 Å². The molecule has 2 fully saturated rings. The van der Waals surface area contributed by atoms with Crippen LogP contribution in [0.4, 0.5) is 4.39 Å². The molecule has 1 N–H and O–H groups in total. The molecule has 3 aromatic carbocycles. The third-order valence-electron chi connectivity index (χ3n) is 10.00. The molecule has 270 valence electrons. The Morgan fingerprint density at radius 1 is 1.04 bits per heavy atom. The van der Waals surface area contributed by atoms with Gasteiger partial charge in [0, 0.05) is 41.5 Å². The van der Waals surface area contributed by atoms with Gasteiger partial charge >= 0.3 is 0 Å². The molecule has 2 aliphatic heterocycles. The van der Waals surface area contributed by atoms with E-state index >= 15 is 0 Å². The molecule has 4 bridgehead atoms. The number of methoxy groups -OCH3 is 1. The van der Waals surface area contributed by atoms with Gasteiger partial charge in [0.15, 0.2) is 0 Å². The van der Waals surface area contributed by atoms with Crippen molar-refractivity contribution in [2.75, 3.05) is 26.1 Å². The number of pyridine rings is 1. The van der Waals surface area contributed by atoms with E-state index in [4.69, 9.17) is 28.9 Å². The molecule has 1 aliphatic carbocycles. The van der Waals surface area contributed by atoms with Crippen LogP contribution in [0.5, 0.6) is 17.4 Å². The van der Waals surface area contributed by atoms with Crippen molar-refractivity contribution < 1.29 is 32.3 Å². The van der Waals surface area contributed by atoms with Crippen LogP contribution in [0.1, 0.15) is 64.1 Å². The summed E-state index contributed by atoms with van der Waals surface area (Å²) in [4.78, 5) is 23.2. The van der Waals surface area contributed by atoms with Crippen molar-refractivity contribution in [2.45, 2.75) is 64.7 Å². The number of carbonyl (C=O) groups is 1. The maximum absolute atomic E-state index is 14.3. The summed E-state index contributed by atoms with van der Waals surface area (Å²) in [5.41, 5.74) is 7.15. The molecule has 52 heavy (non-hydrogen) atoms. The smallest absolute Gasteiger partial charge is 0.263 e. The molecule has 5 aromatic rings. The number of imidazole rings is 1. The Balaban J connectivity index is 1.16. The predicted molar refractivity (Wildman–Crippen MR) is 196 cm³/mol. The van der Waals surface area contributed by atoms with Crippen molar-refractivity contribution in [2.24, 2.45) is 5.92 Å². The minimum atomic E-state index is -1.45. The number of benzene rings is 3. The van der Waals surface area contributed by atoms with Crippen molar-refractivity contribution in [3.8, 4) is 28.6 Å². The quantitative estimate of drug-likeness (QED) is 0.180. The number of hydrogen-bond donors (Lipinski definition) is 1. The normalized spacial score (nSPS) is 17.6. The Hall–Kier alpha value is -4.81. The van der Waals surface area contributed by atoms with Crippen LogP contribution in [-0.4, -0.2) is 56.8 Å². The third kappa shape index (κ3) is 7.40. The Morgan fingerprint density at radius 2 is 1.90 bits per heavy atom. The highest BCUT2D eigenvalue weighted by Gasteiger charge is 2.27. The summed E-state index contributed by atoms with van der Waals surface area (Å²) >= 11 is 0.